The minimum atomic E-state index is -0.252. The molecule has 0 saturated carbocycles. The lowest BCUT2D eigenvalue weighted by molar-refractivity contribution is 0.0955. The van der Waals surface area contributed by atoms with Gasteiger partial charge in [0.05, 0.1) is 11.9 Å². The van der Waals surface area contributed by atoms with Gasteiger partial charge in [-0.3, -0.25) is 4.79 Å². The van der Waals surface area contributed by atoms with Gasteiger partial charge in [0.15, 0.2) is 0 Å². The molecular formula is C24H21BrN4O. The summed E-state index contributed by atoms with van der Waals surface area (Å²) in [5.41, 5.74) is 8.26. The fourth-order valence-electron chi connectivity index (χ4n) is 3.42. The van der Waals surface area contributed by atoms with Crippen LogP contribution in [0.2, 0.25) is 0 Å². The molecule has 150 valence electrons. The van der Waals surface area contributed by atoms with Gasteiger partial charge in [-0.25, -0.2) is 5.43 Å². The zero-order valence-electron chi connectivity index (χ0n) is 16.7. The highest BCUT2D eigenvalue weighted by atomic mass is 79.9. The van der Waals surface area contributed by atoms with E-state index in [9.17, 15) is 4.79 Å². The molecule has 2 aromatic carbocycles. The summed E-state index contributed by atoms with van der Waals surface area (Å²) in [7, 11) is 0. The molecule has 0 spiro atoms. The first-order valence-electron chi connectivity index (χ1n) is 9.55. The van der Waals surface area contributed by atoms with Gasteiger partial charge >= 0.3 is 0 Å². The molecule has 0 bridgehead atoms. The summed E-state index contributed by atoms with van der Waals surface area (Å²) >= 11 is 3.45. The Bertz CT molecular complexity index is 1200. The Morgan fingerprint density at radius 1 is 0.933 bits per heavy atom. The molecule has 4 rings (SSSR count). The van der Waals surface area contributed by atoms with Crippen LogP contribution < -0.4 is 5.43 Å². The minimum absolute atomic E-state index is 0.252. The molecule has 0 atom stereocenters. The quantitative estimate of drug-likeness (QED) is 0.314. The van der Waals surface area contributed by atoms with E-state index >= 15 is 0 Å². The van der Waals surface area contributed by atoms with Crippen LogP contribution in [0.4, 0.5) is 0 Å². The maximum Gasteiger partial charge on any atom is 0.271 e. The predicted molar refractivity (Wildman–Crippen MR) is 124 cm³/mol. The van der Waals surface area contributed by atoms with Gasteiger partial charge in [0, 0.05) is 39.0 Å². The van der Waals surface area contributed by atoms with Crippen molar-refractivity contribution in [1.82, 2.24) is 14.6 Å². The van der Waals surface area contributed by atoms with E-state index in [0.29, 0.717) is 5.56 Å². The average molecular weight is 461 g/mol. The first kappa shape index (κ1) is 19.9. The third-order valence-electron chi connectivity index (χ3n) is 4.89. The standard InChI is InChI=1S/C24H21BrN4O/c1-17-8-9-18(2)29(17)22-6-3-5-19(15-22)24(30)27-26-16-23-7-4-14-28(23)21-12-10-20(25)11-13-21/h3-16H,1-2H3,(H,27,30)/b26-16-. The molecule has 1 amide bonds. The molecule has 30 heavy (non-hydrogen) atoms. The Labute approximate surface area is 183 Å². The lowest BCUT2D eigenvalue weighted by atomic mass is 10.2. The van der Waals surface area contributed by atoms with Gasteiger partial charge in [-0.1, -0.05) is 22.0 Å². The molecule has 0 radical (unpaired) electrons. The third kappa shape index (κ3) is 4.14. The number of rotatable bonds is 5. The molecule has 4 aromatic rings. The first-order chi connectivity index (χ1) is 14.5. The molecule has 0 unspecified atom stereocenters. The summed E-state index contributed by atoms with van der Waals surface area (Å²) in [5.74, 6) is -0.252. The van der Waals surface area contributed by atoms with E-state index in [1.807, 2.05) is 79.2 Å². The number of nitrogens with one attached hydrogen (secondary N) is 1. The van der Waals surface area contributed by atoms with Crippen LogP contribution in [0, 0.1) is 13.8 Å². The number of amides is 1. The van der Waals surface area contributed by atoms with Crippen LogP contribution in [0.25, 0.3) is 11.4 Å². The highest BCUT2D eigenvalue weighted by Crippen LogP contribution is 2.18. The van der Waals surface area contributed by atoms with Crippen LogP contribution in [0.3, 0.4) is 0 Å². The highest BCUT2D eigenvalue weighted by Gasteiger charge is 2.09. The van der Waals surface area contributed by atoms with Crippen molar-refractivity contribution in [2.24, 2.45) is 5.10 Å². The Morgan fingerprint density at radius 3 is 2.40 bits per heavy atom. The van der Waals surface area contributed by atoms with Crippen LogP contribution in [0.5, 0.6) is 0 Å². The molecule has 0 aliphatic carbocycles. The Morgan fingerprint density at radius 2 is 1.67 bits per heavy atom. The second-order valence-electron chi connectivity index (χ2n) is 6.98. The van der Waals surface area contributed by atoms with E-state index in [1.165, 1.54) is 0 Å². The zero-order valence-corrected chi connectivity index (χ0v) is 18.3. The van der Waals surface area contributed by atoms with Crippen molar-refractivity contribution in [3.05, 3.63) is 106 Å². The Balaban J connectivity index is 1.50. The summed E-state index contributed by atoms with van der Waals surface area (Å²) in [6.45, 7) is 4.09. The summed E-state index contributed by atoms with van der Waals surface area (Å²) in [6, 6.07) is 23.5. The van der Waals surface area contributed by atoms with Crippen molar-refractivity contribution in [2.45, 2.75) is 13.8 Å². The van der Waals surface area contributed by atoms with Crippen molar-refractivity contribution in [1.29, 1.82) is 0 Å². The number of benzene rings is 2. The number of aromatic nitrogens is 2. The van der Waals surface area contributed by atoms with Crippen molar-refractivity contribution < 1.29 is 4.79 Å². The minimum Gasteiger partial charge on any atom is -0.318 e. The number of hydrogen-bond acceptors (Lipinski definition) is 2. The van der Waals surface area contributed by atoms with Gasteiger partial charge in [-0.2, -0.15) is 5.10 Å². The monoisotopic (exact) mass is 460 g/mol. The molecule has 6 heteroatoms. The van der Waals surface area contributed by atoms with E-state index < -0.39 is 0 Å². The van der Waals surface area contributed by atoms with Crippen molar-refractivity contribution in [3.63, 3.8) is 0 Å². The lowest BCUT2D eigenvalue weighted by Crippen LogP contribution is -2.18. The van der Waals surface area contributed by atoms with E-state index in [1.54, 1.807) is 12.3 Å². The number of carbonyl (C=O) groups is 1. The van der Waals surface area contributed by atoms with Gasteiger partial charge in [-0.15, -0.1) is 0 Å². The van der Waals surface area contributed by atoms with Crippen LogP contribution in [0.1, 0.15) is 27.4 Å². The maximum absolute atomic E-state index is 12.6. The molecule has 0 aliphatic rings. The number of nitrogens with zero attached hydrogens (tertiary/aromatic N) is 3. The number of hydrazone groups is 1. The third-order valence-corrected chi connectivity index (χ3v) is 5.41. The van der Waals surface area contributed by atoms with Crippen LogP contribution >= 0.6 is 15.9 Å². The molecule has 0 aliphatic heterocycles. The summed E-state index contributed by atoms with van der Waals surface area (Å²) in [5, 5.41) is 4.16. The SMILES string of the molecule is Cc1ccc(C)n1-c1cccc(C(=O)N/N=C\c2cccn2-c2ccc(Br)cc2)c1. The number of aryl methyl sites for hydroxylation is 2. The number of halogens is 1. The van der Waals surface area contributed by atoms with Crippen LogP contribution in [-0.2, 0) is 0 Å². The van der Waals surface area contributed by atoms with Crippen molar-refractivity contribution in [2.75, 3.05) is 0 Å². The van der Waals surface area contributed by atoms with E-state index in [4.69, 9.17) is 0 Å². The van der Waals surface area contributed by atoms with E-state index in [2.05, 4.69) is 43.2 Å². The molecule has 0 fully saturated rings. The second-order valence-corrected chi connectivity index (χ2v) is 7.90. The van der Waals surface area contributed by atoms with Gasteiger partial charge in [0.25, 0.3) is 5.91 Å². The molecule has 1 N–H and O–H groups in total. The highest BCUT2D eigenvalue weighted by molar-refractivity contribution is 9.10. The maximum atomic E-state index is 12.6. The van der Waals surface area contributed by atoms with Crippen LogP contribution in [-0.4, -0.2) is 21.3 Å². The predicted octanol–water partition coefficient (Wildman–Crippen LogP) is 5.41. The van der Waals surface area contributed by atoms with E-state index in [0.717, 1.165) is 32.9 Å². The molecule has 2 aromatic heterocycles. The largest absolute Gasteiger partial charge is 0.318 e. The van der Waals surface area contributed by atoms with Gasteiger partial charge in [0.2, 0.25) is 0 Å². The topological polar surface area (TPSA) is 51.3 Å². The Hall–Kier alpha value is -3.38. The number of carbonyl (C=O) groups excluding carboxylic acids is 1. The number of hydrogen-bond donors (Lipinski definition) is 1. The normalized spacial score (nSPS) is 11.2. The van der Waals surface area contributed by atoms with E-state index in [-0.39, 0.29) is 5.91 Å². The van der Waals surface area contributed by atoms with Gasteiger partial charge < -0.3 is 9.13 Å². The molecular weight excluding hydrogens is 440 g/mol. The molecule has 0 saturated heterocycles. The smallest absolute Gasteiger partial charge is 0.271 e. The lowest BCUT2D eigenvalue weighted by Gasteiger charge is -2.10. The summed E-state index contributed by atoms with van der Waals surface area (Å²) in [4.78, 5) is 12.6. The van der Waals surface area contributed by atoms with Crippen LogP contribution in [0.15, 0.2) is 88.6 Å². The fourth-order valence-corrected chi connectivity index (χ4v) is 3.68. The van der Waals surface area contributed by atoms with Crippen molar-refractivity contribution >= 4 is 28.1 Å². The molecule has 2 heterocycles. The average Bonchev–Trinajstić information content (AvgIpc) is 3.35. The molecule has 5 nitrogen and oxygen atoms in total. The van der Waals surface area contributed by atoms with Crippen molar-refractivity contribution in [3.8, 4) is 11.4 Å². The first-order valence-corrected chi connectivity index (χ1v) is 10.3. The summed E-state index contributed by atoms with van der Waals surface area (Å²) < 4.78 is 5.14. The second kappa shape index (κ2) is 8.55. The van der Waals surface area contributed by atoms with Gasteiger partial charge in [0.1, 0.15) is 0 Å². The summed E-state index contributed by atoms with van der Waals surface area (Å²) in [6.07, 6.45) is 3.60. The van der Waals surface area contributed by atoms with Gasteiger partial charge in [-0.05, 0) is 80.6 Å². The Kier molecular flexibility index (Phi) is 5.68. The fraction of sp³-hybridized carbons (Fsp3) is 0.0833. The zero-order chi connectivity index (χ0) is 21.1.